The molecule has 1 aliphatic heterocycles. The summed E-state index contributed by atoms with van der Waals surface area (Å²) in [6.45, 7) is 5.78. The molecule has 1 saturated heterocycles. The van der Waals surface area contributed by atoms with E-state index < -0.39 is 6.09 Å². The van der Waals surface area contributed by atoms with Gasteiger partial charge >= 0.3 is 6.09 Å². The number of carboxylic acid groups (broad SMARTS) is 1. The lowest BCUT2D eigenvalue weighted by atomic mass is 10.1. The van der Waals surface area contributed by atoms with Gasteiger partial charge in [0, 0.05) is 13.1 Å². The molecule has 0 bridgehead atoms. The number of nitrogens with zero attached hydrogens (tertiary/aromatic N) is 1. The van der Waals surface area contributed by atoms with Gasteiger partial charge in [-0.25, -0.2) is 4.79 Å². The Balaban J connectivity index is 1.58. The van der Waals surface area contributed by atoms with Gasteiger partial charge in [0.15, 0.2) is 0 Å². The lowest BCUT2D eigenvalue weighted by Gasteiger charge is -2.29. The SMILES string of the molecule is C=C(NOCCOC1CCN(C(=O)O)CC1)c1ccc(OC)cc1. The molecule has 0 atom stereocenters. The third-order valence-electron chi connectivity index (χ3n) is 3.89. The van der Waals surface area contributed by atoms with Crippen molar-refractivity contribution in [3.63, 3.8) is 0 Å². The van der Waals surface area contributed by atoms with Gasteiger partial charge in [0.05, 0.1) is 32.1 Å². The van der Waals surface area contributed by atoms with E-state index in [4.69, 9.17) is 19.4 Å². The predicted molar refractivity (Wildman–Crippen MR) is 89.7 cm³/mol. The summed E-state index contributed by atoms with van der Waals surface area (Å²) in [6.07, 6.45) is 0.670. The number of ether oxygens (including phenoxy) is 2. The highest BCUT2D eigenvalue weighted by Crippen LogP contribution is 2.16. The molecule has 1 aromatic rings. The van der Waals surface area contributed by atoms with Crippen molar-refractivity contribution >= 4 is 11.8 Å². The number of nitrogens with one attached hydrogen (secondary N) is 1. The zero-order valence-electron chi connectivity index (χ0n) is 13.9. The number of carbonyl (C=O) groups is 1. The molecule has 1 aromatic carbocycles. The Morgan fingerprint density at radius 2 is 1.96 bits per heavy atom. The van der Waals surface area contributed by atoms with Crippen molar-refractivity contribution in [1.29, 1.82) is 0 Å². The Bertz CT molecular complexity index is 538. The van der Waals surface area contributed by atoms with E-state index in [1.165, 1.54) is 4.90 Å². The Morgan fingerprint density at radius 1 is 1.29 bits per heavy atom. The summed E-state index contributed by atoms with van der Waals surface area (Å²) < 4.78 is 10.8. The molecule has 24 heavy (non-hydrogen) atoms. The third-order valence-corrected chi connectivity index (χ3v) is 3.89. The zero-order chi connectivity index (χ0) is 17.4. The number of methoxy groups -OCH3 is 1. The van der Waals surface area contributed by atoms with E-state index in [2.05, 4.69) is 12.1 Å². The van der Waals surface area contributed by atoms with E-state index in [-0.39, 0.29) is 6.10 Å². The van der Waals surface area contributed by atoms with Crippen molar-refractivity contribution < 1.29 is 24.2 Å². The fourth-order valence-corrected chi connectivity index (χ4v) is 2.46. The molecular formula is C17H24N2O5. The second-order valence-corrected chi connectivity index (χ2v) is 5.50. The summed E-state index contributed by atoms with van der Waals surface area (Å²) in [5.41, 5.74) is 4.37. The minimum atomic E-state index is -0.863. The van der Waals surface area contributed by atoms with E-state index in [9.17, 15) is 4.79 Å². The van der Waals surface area contributed by atoms with Gasteiger partial charge in [-0.1, -0.05) is 6.58 Å². The van der Waals surface area contributed by atoms with Gasteiger partial charge in [-0.2, -0.15) is 0 Å². The molecule has 0 unspecified atom stereocenters. The zero-order valence-corrected chi connectivity index (χ0v) is 13.9. The standard InChI is InChI=1S/C17H24N2O5/c1-13(14-3-5-15(22-2)6-4-14)18-24-12-11-23-16-7-9-19(10-8-16)17(20)21/h3-6,16,18H,1,7-12H2,2H3,(H,20,21). The molecule has 0 aromatic heterocycles. The van der Waals surface area contributed by atoms with Crippen LogP contribution in [0, 0.1) is 0 Å². The molecule has 132 valence electrons. The van der Waals surface area contributed by atoms with Crippen LogP contribution in [0.4, 0.5) is 4.79 Å². The maximum Gasteiger partial charge on any atom is 0.407 e. The highest BCUT2D eigenvalue weighted by atomic mass is 16.7. The van der Waals surface area contributed by atoms with Crippen LogP contribution in [0.1, 0.15) is 18.4 Å². The number of piperidine rings is 1. The van der Waals surface area contributed by atoms with E-state index in [1.54, 1.807) is 7.11 Å². The van der Waals surface area contributed by atoms with Crippen LogP contribution in [0.3, 0.4) is 0 Å². The lowest BCUT2D eigenvalue weighted by Crippen LogP contribution is -2.40. The monoisotopic (exact) mass is 336 g/mol. The predicted octanol–water partition coefficient (Wildman–Crippen LogP) is 2.35. The van der Waals surface area contributed by atoms with Crippen molar-refractivity contribution in [1.82, 2.24) is 10.4 Å². The van der Waals surface area contributed by atoms with E-state index in [1.807, 2.05) is 24.3 Å². The van der Waals surface area contributed by atoms with Crippen LogP contribution in [0.5, 0.6) is 5.75 Å². The Morgan fingerprint density at radius 3 is 2.54 bits per heavy atom. The smallest absolute Gasteiger partial charge is 0.407 e. The fraction of sp³-hybridized carbons (Fsp3) is 0.471. The number of hydrogen-bond donors (Lipinski definition) is 2. The second kappa shape index (κ2) is 9.14. The topological polar surface area (TPSA) is 80.3 Å². The van der Waals surface area contributed by atoms with Crippen molar-refractivity contribution in [2.24, 2.45) is 0 Å². The summed E-state index contributed by atoms with van der Waals surface area (Å²) in [5, 5.41) is 8.89. The first-order valence-electron chi connectivity index (χ1n) is 7.90. The van der Waals surface area contributed by atoms with Gasteiger partial charge in [0.1, 0.15) is 5.75 Å². The van der Waals surface area contributed by atoms with E-state index in [0.717, 1.165) is 24.2 Å². The summed E-state index contributed by atoms with van der Waals surface area (Å²) in [6, 6.07) is 7.50. The Labute approximate surface area is 141 Å². The highest BCUT2D eigenvalue weighted by Gasteiger charge is 2.22. The van der Waals surface area contributed by atoms with Crippen LogP contribution < -0.4 is 10.2 Å². The first kappa shape index (κ1) is 18.1. The molecule has 1 fully saturated rings. The summed E-state index contributed by atoms with van der Waals surface area (Å²) in [4.78, 5) is 17.6. The van der Waals surface area contributed by atoms with Gasteiger partial charge < -0.3 is 19.5 Å². The van der Waals surface area contributed by atoms with Crippen LogP contribution in [0.25, 0.3) is 5.70 Å². The molecule has 0 spiro atoms. The number of benzene rings is 1. The first-order valence-corrected chi connectivity index (χ1v) is 7.90. The fourth-order valence-electron chi connectivity index (χ4n) is 2.46. The quantitative estimate of drug-likeness (QED) is 0.560. The normalized spacial score (nSPS) is 15.1. The van der Waals surface area contributed by atoms with Gasteiger partial charge in [0.25, 0.3) is 0 Å². The van der Waals surface area contributed by atoms with Crippen molar-refractivity contribution in [3.8, 4) is 5.75 Å². The minimum Gasteiger partial charge on any atom is -0.497 e. The molecule has 7 heteroatoms. The molecule has 0 radical (unpaired) electrons. The number of amides is 1. The molecule has 7 nitrogen and oxygen atoms in total. The average Bonchev–Trinajstić information content (AvgIpc) is 2.61. The number of hydroxylamine groups is 1. The molecular weight excluding hydrogens is 312 g/mol. The average molecular weight is 336 g/mol. The number of likely N-dealkylation sites (tertiary alicyclic amines) is 1. The van der Waals surface area contributed by atoms with E-state index >= 15 is 0 Å². The Hall–Kier alpha value is -2.25. The molecule has 1 amide bonds. The maximum absolute atomic E-state index is 10.8. The lowest BCUT2D eigenvalue weighted by molar-refractivity contribution is -0.0328. The summed E-state index contributed by atoms with van der Waals surface area (Å²) in [5.74, 6) is 0.787. The van der Waals surface area contributed by atoms with Gasteiger partial charge in [-0.05, 0) is 42.7 Å². The summed E-state index contributed by atoms with van der Waals surface area (Å²) in [7, 11) is 1.62. The van der Waals surface area contributed by atoms with Gasteiger partial charge in [-0.3, -0.25) is 10.3 Å². The van der Waals surface area contributed by atoms with Gasteiger partial charge in [-0.15, -0.1) is 0 Å². The minimum absolute atomic E-state index is 0.0917. The third kappa shape index (κ3) is 5.43. The van der Waals surface area contributed by atoms with Crippen molar-refractivity contribution in [2.75, 3.05) is 33.4 Å². The van der Waals surface area contributed by atoms with E-state index in [0.29, 0.717) is 32.0 Å². The molecule has 1 aliphatic rings. The molecule has 0 aliphatic carbocycles. The maximum atomic E-state index is 10.8. The summed E-state index contributed by atoms with van der Waals surface area (Å²) >= 11 is 0. The largest absolute Gasteiger partial charge is 0.497 e. The van der Waals surface area contributed by atoms with Crippen molar-refractivity contribution in [2.45, 2.75) is 18.9 Å². The highest BCUT2D eigenvalue weighted by molar-refractivity contribution is 5.65. The second-order valence-electron chi connectivity index (χ2n) is 5.50. The first-order chi connectivity index (χ1) is 11.6. The van der Waals surface area contributed by atoms with Crippen LogP contribution in [0.15, 0.2) is 30.8 Å². The number of hydrogen-bond acceptors (Lipinski definition) is 5. The van der Waals surface area contributed by atoms with Crippen LogP contribution in [-0.2, 0) is 9.57 Å². The molecule has 2 rings (SSSR count). The van der Waals surface area contributed by atoms with Crippen LogP contribution >= 0.6 is 0 Å². The van der Waals surface area contributed by atoms with Crippen molar-refractivity contribution in [3.05, 3.63) is 36.4 Å². The molecule has 2 N–H and O–H groups in total. The van der Waals surface area contributed by atoms with Crippen LogP contribution in [0.2, 0.25) is 0 Å². The Kier molecular flexibility index (Phi) is 6.89. The number of rotatable bonds is 8. The molecule has 0 saturated carbocycles. The van der Waals surface area contributed by atoms with Gasteiger partial charge in [0.2, 0.25) is 0 Å². The molecule has 1 heterocycles. The van der Waals surface area contributed by atoms with Crippen LogP contribution in [-0.4, -0.2) is 55.6 Å².